The third-order valence-corrected chi connectivity index (χ3v) is 7.87. The van der Waals surface area contributed by atoms with Crippen molar-refractivity contribution in [3.63, 3.8) is 0 Å². The van der Waals surface area contributed by atoms with Gasteiger partial charge in [0.1, 0.15) is 5.92 Å². The Morgan fingerprint density at radius 1 is 0.952 bits per heavy atom. The van der Waals surface area contributed by atoms with Gasteiger partial charge in [-0.15, -0.1) is 5.10 Å². The van der Waals surface area contributed by atoms with Gasteiger partial charge in [0.15, 0.2) is 0 Å². The monoisotopic (exact) mass is 575 g/mol. The highest BCUT2D eigenvalue weighted by Gasteiger charge is 2.43. The molecule has 1 saturated carbocycles. The molecule has 1 unspecified atom stereocenters. The summed E-state index contributed by atoms with van der Waals surface area (Å²) in [5.74, 6) is -0.639. The van der Waals surface area contributed by atoms with Crippen LogP contribution in [0, 0.1) is 5.92 Å². The van der Waals surface area contributed by atoms with Gasteiger partial charge in [0, 0.05) is 12.6 Å². The highest BCUT2D eigenvalue weighted by Crippen LogP contribution is 2.28. The van der Waals surface area contributed by atoms with Crippen molar-refractivity contribution in [1.82, 2.24) is 24.9 Å². The average Bonchev–Trinajstić information content (AvgIpc) is 3.33. The fraction of sp³-hybridized carbons (Fsp3) is 0.515. The maximum Gasteiger partial charge on any atom is 0.331 e. The summed E-state index contributed by atoms with van der Waals surface area (Å²) in [6, 6.07) is 18.1. The Balaban J connectivity index is 0.000000197. The molecule has 0 spiro atoms. The minimum atomic E-state index is -0.667. The molecule has 0 bridgehead atoms. The van der Waals surface area contributed by atoms with E-state index in [0.29, 0.717) is 13.0 Å². The Morgan fingerprint density at radius 2 is 1.67 bits per heavy atom. The molecular formula is C33H45N5O4. The molecule has 1 aliphatic carbocycles. The molecule has 1 atom stereocenters. The predicted octanol–water partition coefficient (Wildman–Crippen LogP) is 5.62. The van der Waals surface area contributed by atoms with Crippen molar-refractivity contribution in [2.75, 3.05) is 27.2 Å². The van der Waals surface area contributed by atoms with E-state index in [-0.39, 0.29) is 11.9 Å². The van der Waals surface area contributed by atoms with Crippen LogP contribution in [0.2, 0.25) is 0 Å². The summed E-state index contributed by atoms with van der Waals surface area (Å²) in [7, 11) is 4.15. The summed E-state index contributed by atoms with van der Waals surface area (Å²) < 4.78 is 7.95. The molecule has 4 amide bonds. The van der Waals surface area contributed by atoms with Crippen LogP contribution in [0.1, 0.15) is 70.3 Å². The maximum atomic E-state index is 12.4. The molecule has 2 heterocycles. The molecule has 1 saturated heterocycles. The number of aromatic nitrogens is 2. The van der Waals surface area contributed by atoms with E-state index in [0.717, 1.165) is 74.8 Å². The number of nitrogens with one attached hydrogen (secondary N) is 1. The Labute approximate surface area is 249 Å². The number of hydrogen-bond acceptors (Lipinski definition) is 6. The summed E-state index contributed by atoms with van der Waals surface area (Å²) in [6.45, 7) is 4.48. The van der Waals surface area contributed by atoms with Crippen LogP contribution >= 0.6 is 0 Å². The van der Waals surface area contributed by atoms with Gasteiger partial charge in [0.05, 0.1) is 24.1 Å². The molecule has 1 aromatic heterocycles. The lowest BCUT2D eigenvalue weighted by Crippen LogP contribution is -2.61. The van der Waals surface area contributed by atoms with Crippen LogP contribution in [0.5, 0.6) is 5.88 Å². The van der Waals surface area contributed by atoms with Gasteiger partial charge in [-0.25, -0.2) is 4.79 Å². The van der Waals surface area contributed by atoms with Gasteiger partial charge < -0.3 is 9.64 Å². The molecule has 9 heteroatoms. The number of urea groups is 1. The van der Waals surface area contributed by atoms with Crippen molar-refractivity contribution in [3.8, 4) is 5.88 Å². The molecule has 42 heavy (non-hydrogen) atoms. The molecule has 9 nitrogen and oxygen atoms in total. The number of barbiturate groups is 1. The van der Waals surface area contributed by atoms with Gasteiger partial charge >= 0.3 is 6.03 Å². The first-order valence-electron chi connectivity index (χ1n) is 15.3. The zero-order chi connectivity index (χ0) is 29.9. The van der Waals surface area contributed by atoms with E-state index < -0.39 is 17.9 Å². The molecule has 1 aliphatic heterocycles. The van der Waals surface area contributed by atoms with E-state index in [1.165, 1.54) is 16.9 Å². The zero-order valence-corrected chi connectivity index (χ0v) is 25.3. The third kappa shape index (κ3) is 8.18. The van der Waals surface area contributed by atoms with Crippen molar-refractivity contribution < 1.29 is 19.1 Å². The number of unbranched alkanes of at least 4 members (excludes halogenated alkanes) is 1. The molecule has 1 N–H and O–H groups in total. The summed E-state index contributed by atoms with van der Waals surface area (Å²) in [4.78, 5) is 39.6. The third-order valence-electron chi connectivity index (χ3n) is 7.87. The number of benzene rings is 2. The first-order chi connectivity index (χ1) is 20.4. The van der Waals surface area contributed by atoms with E-state index in [1.807, 2.05) is 29.8 Å². The summed E-state index contributed by atoms with van der Waals surface area (Å²) in [5.41, 5.74) is 2.35. The number of nitrogens with zero attached hydrogens (tertiary/aromatic N) is 4. The highest BCUT2D eigenvalue weighted by atomic mass is 16.5. The number of amides is 4. The van der Waals surface area contributed by atoms with E-state index in [9.17, 15) is 14.4 Å². The largest absolute Gasteiger partial charge is 0.476 e. The second-order valence-electron chi connectivity index (χ2n) is 11.5. The molecule has 3 aromatic rings. The van der Waals surface area contributed by atoms with E-state index in [2.05, 4.69) is 65.8 Å². The molecule has 2 fully saturated rings. The molecule has 226 valence electrons. The minimum absolute atomic E-state index is 0.0153. The number of ether oxygens (including phenoxy) is 1. The molecule has 5 rings (SSSR count). The van der Waals surface area contributed by atoms with Crippen LogP contribution in [-0.4, -0.2) is 70.7 Å². The van der Waals surface area contributed by atoms with E-state index >= 15 is 0 Å². The van der Waals surface area contributed by atoms with Crippen molar-refractivity contribution in [3.05, 3.63) is 60.2 Å². The summed E-state index contributed by atoms with van der Waals surface area (Å²) in [6.07, 6.45) is 8.31. The van der Waals surface area contributed by atoms with Crippen molar-refractivity contribution >= 4 is 28.7 Å². The lowest BCUT2D eigenvalue weighted by Gasteiger charge is -2.37. The summed E-state index contributed by atoms with van der Waals surface area (Å²) >= 11 is 0. The maximum absolute atomic E-state index is 12.4. The first-order valence-corrected chi connectivity index (χ1v) is 15.3. The molecule has 2 aliphatic rings. The second kappa shape index (κ2) is 15.5. The van der Waals surface area contributed by atoms with Crippen LogP contribution < -0.4 is 10.1 Å². The number of fused-ring (bicyclic) bond motifs is 1. The number of carbonyl (C=O) groups excluding carboxylic acids is 3. The lowest BCUT2D eigenvalue weighted by atomic mass is 9.91. The lowest BCUT2D eigenvalue weighted by molar-refractivity contribution is -0.144. The molecular weight excluding hydrogens is 530 g/mol. The van der Waals surface area contributed by atoms with Gasteiger partial charge in [-0.3, -0.25) is 24.5 Å². The molecule has 0 radical (unpaired) electrons. The van der Waals surface area contributed by atoms with Crippen LogP contribution in [0.4, 0.5) is 4.79 Å². The Bertz CT molecular complexity index is 1320. The zero-order valence-electron chi connectivity index (χ0n) is 25.3. The van der Waals surface area contributed by atoms with Gasteiger partial charge in [0.2, 0.25) is 17.7 Å². The Morgan fingerprint density at radius 3 is 2.38 bits per heavy atom. The van der Waals surface area contributed by atoms with Gasteiger partial charge in [0.25, 0.3) is 0 Å². The number of imide groups is 2. The van der Waals surface area contributed by atoms with Crippen molar-refractivity contribution in [2.45, 2.75) is 77.3 Å². The SMILES string of the molecule is CCCCC1C(=O)NC(=O)N(C2CCCCC2)C1=O.CN(C)CCCOc1nn(Cc2ccccc2)c2ccccc12. The van der Waals surface area contributed by atoms with E-state index in [1.54, 1.807) is 0 Å². The second-order valence-corrected chi connectivity index (χ2v) is 11.5. The number of hydrogen-bond donors (Lipinski definition) is 1. The van der Waals surface area contributed by atoms with Gasteiger partial charge in [-0.2, -0.15) is 0 Å². The van der Waals surface area contributed by atoms with Crippen LogP contribution in [0.25, 0.3) is 10.9 Å². The highest BCUT2D eigenvalue weighted by molar-refractivity contribution is 6.16. The number of para-hydroxylation sites is 1. The normalized spacial score (nSPS) is 17.8. The average molecular weight is 576 g/mol. The smallest absolute Gasteiger partial charge is 0.331 e. The van der Waals surface area contributed by atoms with Crippen molar-refractivity contribution in [1.29, 1.82) is 0 Å². The Hall–Kier alpha value is -3.72. The van der Waals surface area contributed by atoms with Crippen molar-refractivity contribution in [2.24, 2.45) is 5.92 Å². The molecule has 2 aromatic carbocycles. The topological polar surface area (TPSA) is 96.8 Å². The standard InChI is InChI=1S/C19H23N3O.C14H22N2O3/c1-21(2)13-8-14-23-19-17-11-6-7-12-18(17)22(20-19)15-16-9-4-3-5-10-16;1-2-3-9-11-12(17)15-14(19)16(13(11)18)10-7-5-4-6-8-10/h3-7,9-12H,8,13-15H2,1-2H3;10-11H,2-9H2,1H3,(H,15,17,19). The van der Waals surface area contributed by atoms with Gasteiger partial charge in [-0.05, 0) is 57.5 Å². The van der Waals surface area contributed by atoms with Gasteiger partial charge in [-0.1, -0.05) is 81.5 Å². The number of rotatable bonds is 11. The van der Waals surface area contributed by atoms with Crippen LogP contribution in [-0.2, 0) is 16.1 Å². The predicted molar refractivity (Wildman–Crippen MR) is 164 cm³/mol. The summed E-state index contributed by atoms with van der Waals surface area (Å²) in [5, 5.41) is 8.10. The first kappa shape index (κ1) is 31.2. The Kier molecular flexibility index (Phi) is 11.5. The van der Waals surface area contributed by atoms with Crippen LogP contribution in [0.3, 0.4) is 0 Å². The fourth-order valence-corrected chi connectivity index (χ4v) is 5.61. The quantitative estimate of drug-likeness (QED) is 0.236. The van der Waals surface area contributed by atoms with E-state index in [4.69, 9.17) is 4.74 Å². The van der Waals surface area contributed by atoms with Crippen LogP contribution in [0.15, 0.2) is 54.6 Å². The number of carbonyl (C=O) groups is 3. The minimum Gasteiger partial charge on any atom is -0.476 e. The fourth-order valence-electron chi connectivity index (χ4n) is 5.61.